The minimum absolute atomic E-state index is 0.00584. The van der Waals surface area contributed by atoms with Crippen molar-refractivity contribution in [2.45, 2.75) is 33.1 Å². The molecule has 29 heavy (non-hydrogen) atoms. The van der Waals surface area contributed by atoms with Crippen LogP contribution in [-0.4, -0.2) is 41.8 Å². The Morgan fingerprint density at radius 3 is 2.79 bits per heavy atom. The summed E-state index contributed by atoms with van der Waals surface area (Å²) in [5.74, 6) is 0.827. The fourth-order valence-electron chi connectivity index (χ4n) is 3.58. The monoisotopic (exact) mass is 409 g/mol. The van der Waals surface area contributed by atoms with E-state index in [9.17, 15) is 4.79 Å². The van der Waals surface area contributed by atoms with Crippen molar-refractivity contribution in [2.24, 2.45) is 7.05 Å². The lowest BCUT2D eigenvalue weighted by Crippen LogP contribution is -2.26. The lowest BCUT2D eigenvalue weighted by molar-refractivity contribution is -0.121. The van der Waals surface area contributed by atoms with Crippen molar-refractivity contribution >= 4 is 34.7 Å². The molecular weight excluding hydrogens is 386 g/mol. The van der Waals surface area contributed by atoms with Crippen molar-refractivity contribution < 1.29 is 4.79 Å². The van der Waals surface area contributed by atoms with E-state index in [1.54, 1.807) is 0 Å². The lowest BCUT2D eigenvalue weighted by atomic mass is 10.1. The van der Waals surface area contributed by atoms with Crippen LogP contribution >= 0.6 is 12.2 Å². The minimum atomic E-state index is 0.00584. The number of aryl methyl sites for hydroxylation is 2. The molecule has 3 heterocycles. The maximum absolute atomic E-state index is 12.3. The predicted octanol–water partition coefficient (Wildman–Crippen LogP) is 2.58. The van der Waals surface area contributed by atoms with Crippen LogP contribution in [0.5, 0.6) is 0 Å². The molecule has 0 saturated carbocycles. The molecule has 0 aliphatic carbocycles. The van der Waals surface area contributed by atoms with Gasteiger partial charge in [0.1, 0.15) is 5.82 Å². The molecule has 0 fully saturated rings. The van der Waals surface area contributed by atoms with E-state index < -0.39 is 0 Å². The fourth-order valence-corrected chi connectivity index (χ4v) is 3.73. The first-order valence-corrected chi connectivity index (χ1v) is 9.97. The number of carbonyl (C=O) groups is 1. The number of hydrogen-bond acceptors (Lipinski definition) is 5. The molecule has 9 heteroatoms. The molecule has 0 atom stereocenters. The Labute approximate surface area is 173 Å². The van der Waals surface area contributed by atoms with Gasteiger partial charge in [-0.2, -0.15) is 10.2 Å². The van der Waals surface area contributed by atoms with Gasteiger partial charge in [-0.05, 0) is 50.2 Å². The van der Waals surface area contributed by atoms with Gasteiger partial charge in [-0.25, -0.2) is 9.50 Å². The summed E-state index contributed by atoms with van der Waals surface area (Å²) in [5, 5.41) is 15.6. The maximum atomic E-state index is 12.3. The molecular formula is C20H23N7OS. The highest BCUT2D eigenvalue weighted by molar-refractivity contribution is 7.71. The molecule has 0 radical (unpaired) electrons. The highest BCUT2D eigenvalue weighted by Gasteiger charge is 2.15. The van der Waals surface area contributed by atoms with Crippen LogP contribution in [0.15, 0.2) is 24.3 Å². The molecule has 2 N–H and O–H groups in total. The summed E-state index contributed by atoms with van der Waals surface area (Å²) in [7, 11) is 1.86. The standard InChI is InChI=1S/C20H23N7OS/c1-12-14(8-9-18(28)21-11-10-17-23-24-20(29)26(17)3)13(2)27-19(22-12)15-6-4-5-7-16(15)25-27/h4-7H,8-11H2,1-3H3,(H,21,28)(H,24,29). The predicted molar refractivity (Wildman–Crippen MR) is 113 cm³/mol. The van der Waals surface area contributed by atoms with Gasteiger partial charge < -0.3 is 9.88 Å². The van der Waals surface area contributed by atoms with E-state index in [0.717, 1.165) is 39.3 Å². The number of hydrogen-bond donors (Lipinski definition) is 2. The number of H-pyrrole nitrogens is 1. The van der Waals surface area contributed by atoms with E-state index in [1.807, 2.05) is 54.2 Å². The molecule has 3 aromatic heterocycles. The maximum Gasteiger partial charge on any atom is 0.220 e. The number of nitrogens with one attached hydrogen (secondary N) is 2. The first-order valence-electron chi connectivity index (χ1n) is 9.56. The normalized spacial score (nSPS) is 11.4. The van der Waals surface area contributed by atoms with E-state index in [1.165, 1.54) is 0 Å². The van der Waals surface area contributed by atoms with Crippen molar-refractivity contribution in [1.29, 1.82) is 0 Å². The molecule has 0 unspecified atom stereocenters. The largest absolute Gasteiger partial charge is 0.356 e. The number of aromatic nitrogens is 6. The van der Waals surface area contributed by atoms with Crippen molar-refractivity contribution in [1.82, 2.24) is 34.7 Å². The van der Waals surface area contributed by atoms with Gasteiger partial charge in [0.05, 0.1) is 5.52 Å². The van der Waals surface area contributed by atoms with Crippen LogP contribution in [0.2, 0.25) is 0 Å². The average molecular weight is 410 g/mol. The first kappa shape index (κ1) is 19.3. The van der Waals surface area contributed by atoms with Crippen LogP contribution in [-0.2, 0) is 24.7 Å². The highest BCUT2D eigenvalue weighted by atomic mass is 32.1. The number of amides is 1. The number of benzene rings is 1. The third kappa shape index (κ3) is 3.65. The smallest absolute Gasteiger partial charge is 0.220 e. The van der Waals surface area contributed by atoms with Crippen molar-refractivity contribution in [3.05, 3.63) is 51.8 Å². The molecule has 0 aliphatic rings. The summed E-state index contributed by atoms with van der Waals surface area (Å²) in [4.78, 5) is 17.1. The Hall–Kier alpha value is -3.07. The topological polar surface area (TPSA) is 92.9 Å². The van der Waals surface area contributed by atoms with Gasteiger partial charge in [0.15, 0.2) is 10.4 Å². The van der Waals surface area contributed by atoms with Gasteiger partial charge in [-0.3, -0.25) is 9.89 Å². The first-order chi connectivity index (χ1) is 14.0. The molecule has 150 valence electrons. The van der Waals surface area contributed by atoms with Crippen LogP contribution in [0.3, 0.4) is 0 Å². The molecule has 0 saturated heterocycles. The Balaban J connectivity index is 1.43. The molecule has 0 aliphatic heterocycles. The molecule has 0 bridgehead atoms. The second-order valence-electron chi connectivity index (χ2n) is 7.12. The molecule has 4 rings (SSSR count). The van der Waals surface area contributed by atoms with E-state index in [2.05, 4.69) is 20.6 Å². The lowest BCUT2D eigenvalue weighted by Gasteiger charge is -2.11. The second kappa shape index (κ2) is 7.75. The quantitative estimate of drug-likeness (QED) is 0.478. The van der Waals surface area contributed by atoms with Gasteiger partial charge in [0.2, 0.25) is 5.91 Å². The number of aromatic amines is 1. The van der Waals surface area contributed by atoms with Crippen LogP contribution in [0, 0.1) is 18.6 Å². The number of nitrogens with zero attached hydrogens (tertiary/aromatic N) is 5. The zero-order chi connectivity index (χ0) is 20.5. The summed E-state index contributed by atoms with van der Waals surface area (Å²) >= 11 is 5.10. The highest BCUT2D eigenvalue weighted by Crippen LogP contribution is 2.22. The summed E-state index contributed by atoms with van der Waals surface area (Å²) in [5.41, 5.74) is 4.81. The zero-order valence-electron chi connectivity index (χ0n) is 16.7. The van der Waals surface area contributed by atoms with Crippen molar-refractivity contribution in [3.8, 4) is 0 Å². The molecule has 1 aromatic carbocycles. The van der Waals surface area contributed by atoms with Gasteiger partial charge in [-0.15, -0.1) is 0 Å². The van der Waals surface area contributed by atoms with Crippen LogP contribution in [0.25, 0.3) is 16.6 Å². The second-order valence-corrected chi connectivity index (χ2v) is 7.50. The van der Waals surface area contributed by atoms with Crippen LogP contribution in [0.1, 0.15) is 29.2 Å². The van der Waals surface area contributed by atoms with E-state index in [4.69, 9.17) is 17.2 Å². The number of rotatable bonds is 6. The van der Waals surface area contributed by atoms with Gasteiger partial charge in [0, 0.05) is 43.2 Å². The Kier molecular flexibility index (Phi) is 5.14. The Morgan fingerprint density at radius 1 is 1.24 bits per heavy atom. The van der Waals surface area contributed by atoms with Crippen LogP contribution < -0.4 is 5.32 Å². The molecule has 0 spiro atoms. The summed E-state index contributed by atoms with van der Waals surface area (Å²) < 4.78 is 4.27. The SMILES string of the molecule is Cc1nc2c3ccccc3nn2c(C)c1CCC(=O)NCCc1n[nH]c(=S)n1C. The Morgan fingerprint density at radius 2 is 2.03 bits per heavy atom. The van der Waals surface area contributed by atoms with Gasteiger partial charge in [-0.1, -0.05) is 12.1 Å². The number of carbonyl (C=O) groups excluding carboxylic acids is 1. The molecule has 1 amide bonds. The summed E-state index contributed by atoms with van der Waals surface area (Å²) in [6.45, 7) is 4.54. The van der Waals surface area contributed by atoms with Crippen molar-refractivity contribution in [3.63, 3.8) is 0 Å². The summed E-state index contributed by atoms with van der Waals surface area (Å²) in [6, 6.07) is 7.99. The fraction of sp³-hybridized carbons (Fsp3) is 0.350. The third-order valence-electron chi connectivity index (χ3n) is 5.26. The van der Waals surface area contributed by atoms with E-state index >= 15 is 0 Å². The van der Waals surface area contributed by atoms with Crippen LogP contribution in [0.4, 0.5) is 0 Å². The van der Waals surface area contributed by atoms with Crippen molar-refractivity contribution in [2.75, 3.05) is 6.54 Å². The number of fused-ring (bicyclic) bond motifs is 3. The van der Waals surface area contributed by atoms with E-state index in [0.29, 0.717) is 30.6 Å². The Bertz CT molecular complexity index is 1270. The molecule has 4 aromatic rings. The van der Waals surface area contributed by atoms with Gasteiger partial charge in [0.25, 0.3) is 0 Å². The van der Waals surface area contributed by atoms with E-state index in [-0.39, 0.29) is 5.91 Å². The zero-order valence-corrected chi connectivity index (χ0v) is 17.5. The third-order valence-corrected chi connectivity index (χ3v) is 5.63. The average Bonchev–Trinajstić information content (AvgIpc) is 3.23. The molecule has 8 nitrogen and oxygen atoms in total. The minimum Gasteiger partial charge on any atom is -0.356 e. The summed E-state index contributed by atoms with van der Waals surface area (Å²) in [6.07, 6.45) is 1.64. The van der Waals surface area contributed by atoms with Gasteiger partial charge >= 0.3 is 0 Å².